The maximum atomic E-state index is 13.4. The van der Waals surface area contributed by atoms with Crippen LogP contribution in [0.15, 0.2) is 60.7 Å². The molecule has 0 spiro atoms. The van der Waals surface area contributed by atoms with E-state index in [2.05, 4.69) is 15.3 Å². The molecule has 2 heterocycles. The van der Waals surface area contributed by atoms with Gasteiger partial charge in [-0.05, 0) is 12.5 Å². The first-order valence-electron chi connectivity index (χ1n) is 11.3. The quantitative estimate of drug-likeness (QED) is 0.344. The van der Waals surface area contributed by atoms with E-state index in [1.807, 2.05) is 30.3 Å². The van der Waals surface area contributed by atoms with E-state index < -0.39 is 42.2 Å². The van der Waals surface area contributed by atoms with E-state index in [1.54, 1.807) is 25.1 Å². The summed E-state index contributed by atoms with van der Waals surface area (Å²) in [5.74, 6) is -1.29. The molecule has 10 heteroatoms. The first-order valence-corrected chi connectivity index (χ1v) is 11.3. The number of anilines is 1. The van der Waals surface area contributed by atoms with Crippen molar-refractivity contribution in [3.63, 3.8) is 0 Å². The van der Waals surface area contributed by atoms with E-state index in [0.717, 1.165) is 5.56 Å². The van der Waals surface area contributed by atoms with Gasteiger partial charge in [-0.1, -0.05) is 60.7 Å². The summed E-state index contributed by atoms with van der Waals surface area (Å²) in [5, 5.41) is 34.8. The van der Waals surface area contributed by atoms with Crippen molar-refractivity contribution < 1.29 is 34.4 Å². The zero-order chi connectivity index (χ0) is 25.9. The Kier molecular flexibility index (Phi) is 7.41. The van der Waals surface area contributed by atoms with Crippen molar-refractivity contribution in [1.29, 1.82) is 0 Å². The summed E-state index contributed by atoms with van der Waals surface area (Å²) in [6, 6.07) is 17.3. The maximum absolute atomic E-state index is 13.4. The lowest BCUT2D eigenvalue weighted by molar-refractivity contribution is -0.114. The summed E-state index contributed by atoms with van der Waals surface area (Å²) in [6.07, 6.45) is -4.61. The zero-order valence-corrected chi connectivity index (χ0v) is 19.8. The number of hydrogen-bond donors (Lipinski definition) is 4. The molecule has 4 atom stereocenters. The Morgan fingerprint density at radius 1 is 1.08 bits per heavy atom. The summed E-state index contributed by atoms with van der Waals surface area (Å²) in [6.45, 7) is 2.40. The van der Waals surface area contributed by atoms with Gasteiger partial charge in [-0.2, -0.15) is 4.98 Å². The van der Waals surface area contributed by atoms with E-state index in [-0.39, 0.29) is 29.6 Å². The third-order valence-corrected chi connectivity index (χ3v) is 5.91. The second-order valence-corrected chi connectivity index (χ2v) is 8.51. The van der Waals surface area contributed by atoms with Gasteiger partial charge in [0.25, 0.3) is 0 Å². The van der Waals surface area contributed by atoms with Crippen molar-refractivity contribution in [2.45, 2.75) is 44.4 Å². The van der Waals surface area contributed by atoms with Crippen molar-refractivity contribution in [3.05, 3.63) is 83.2 Å². The average Bonchev–Trinajstić information content (AvgIpc) is 3.15. The van der Waals surface area contributed by atoms with Crippen LogP contribution < -0.4 is 10.1 Å². The van der Waals surface area contributed by atoms with Gasteiger partial charge in [0.15, 0.2) is 17.2 Å². The van der Waals surface area contributed by atoms with Crippen LogP contribution in [0, 0.1) is 6.92 Å². The minimum absolute atomic E-state index is 0.0865. The molecule has 0 aliphatic carbocycles. The number of carbonyl (C=O) groups excluding carboxylic acids is 2. The van der Waals surface area contributed by atoms with Crippen LogP contribution in [0.2, 0.25) is 0 Å². The van der Waals surface area contributed by atoms with Crippen molar-refractivity contribution in [1.82, 2.24) is 9.97 Å². The Bertz CT molecular complexity index is 1240. The van der Waals surface area contributed by atoms with Gasteiger partial charge in [-0.3, -0.25) is 9.59 Å². The zero-order valence-electron chi connectivity index (χ0n) is 19.8. The normalized spacial score (nSPS) is 23.3. The average molecular weight is 494 g/mol. The number of amides is 1. The van der Waals surface area contributed by atoms with Crippen LogP contribution in [0.1, 0.15) is 40.3 Å². The summed E-state index contributed by atoms with van der Waals surface area (Å²) in [5.41, 5.74) is -1.29. The van der Waals surface area contributed by atoms with E-state index >= 15 is 0 Å². The fraction of sp³-hybridized carbons (Fsp3) is 0.308. The van der Waals surface area contributed by atoms with Gasteiger partial charge in [0.1, 0.15) is 30.6 Å². The molecule has 0 saturated carbocycles. The number of aromatic nitrogens is 2. The van der Waals surface area contributed by atoms with Gasteiger partial charge in [-0.25, -0.2) is 4.98 Å². The molecule has 1 saturated heterocycles. The Hall–Kier alpha value is -3.70. The Balaban J connectivity index is 1.77. The molecule has 0 unspecified atom stereocenters. The molecule has 4 rings (SSSR count). The van der Waals surface area contributed by atoms with Crippen molar-refractivity contribution in [2.24, 2.45) is 0 Å². The number of aliphatic hydroxyl groups excluding tert-OH is 2. The summed E-state index contributed by atoms with van der Waals surface area (Å²) < 4.78 is 11.6. The highest BCUT2D eigenvalue weighted by Crippen LogP contribution is 2.45. The van der Waals surface area contributed by atoms with Gasteiger partial charge < -0.3 is 30.1 Å². The van der Waals surface area contributed by atoms with Crippen LogP contribution >= 0.6 is 0 Å². The molecule has 1 aromatic heterocycles. The van der Waals surface area contributed by atoms with E-state index in [0.29, 0.717) is 5.69 Å². The second-order valence-electron chi connectivity index (χ2n) is 8.51. The molecule has 3 aromatic rings. The monoisotopic (exact) mass is 493 g/mol. The van der Waals surface area contributed by atoms with Crippen LogP contribution in [0.5, 0.6) is 5.88 Å². The van der Waals surface area contributed by atoms with Crippen LogP contribution in [-0.4, -0.2) is 61.4 Å². The van der Waals surface area contributed by atoms with Gasteiger partial charge in [-0.15, -0.1) is 0 Å². The number of rotatable bonds is 8. The third kappa shape index (κ3) is 4.84. The topological polar surface area (TPSA) is 151 Å². The molecule has 1 aliphatic heterocycles. The molecule has 1 fully saturated rings. The molecular weight excluding hydrogens is 466 g/mol. The minimum atomic E-state index is -2.52. The first kappa shape index (κ1) is 25.4. The molecule has 10 nitrogen and oxygen atoms in total. The van der Waals surface area contributed by atoms with Gasteiger partial charge >= 0.3 is 0 Å². The Morgan fingerprint density at radius 3 is 2.33 bits per heavy atom. The number of ether oxygens (including phenoxy) is 2. The van der Waals surface area contributed by atoms with E-state index in [9.17, 15) is 24.9 Å². The number of hydrogen-bond acceptors (Lipinski definition) is 9. The largest absolute Gasteiger partial charge is 0.471 e. The number of ketones is 1. The van der Waals surface area contributed by atoms with Crippen LogP contribution in [0.3, 0.4) is 0 Å². The molecular formula is C26H27N3O7. The van der Waals surface area contributed by atoms with Crippen LogP contribution in [0.4, 0.5) is 5.82 Å². The molecule has 1 amide bonds. The Labute approximate surface area is 207 Å². The maximum Gasteiger partial charge on any atom is 0.237 e. The fourth-order valence-corrected chi connectivity index (χ4v) is 4.11. The summed E-state index contributed by atoms with van der Waals surface area (Å²) in [7, 11) is 0. The number of nitrogens with zero attached hydrogens (tertiary/aromatic N) is 2. The molecule has 0 radical (unpaired) electrons. The highest BCUT2D eigenvalue weighted by atomic mass is 16.6. The summed E-state index contributed by atoms with van der Waals surface area (Å²) >= 11 is 0. The van der Waals surface area contributed by atoms with Crippen molar-refractivity contribution in [2.75, 3.05) is 11.9 Å². The lowest BCUT2D eigenvalue weighted by Gasteiger charge is -2.30. The highest BCUT2D eigenvalue weighted by molar-refractivity contribution is 6.04. The van der Waals surface area contributed by atoms with Crippen LogP contribution in [0.25, 0.3) is 0 Å². The number of aliphatic hydroxyl groups is 3. The Morgan fingerprint density at radius 2 is 1.72 bits per heavy atom. The number of benzene rings is 2. The number of nitrogens with one attached hydrogen (secondary N) is 1. The smallest absolute Gasteiger partial charge is 0.237 e. The van der Waals surface area contributed by atoms with Crippen molar-refractivity contribution in [3.8, 4) is 5.88 Å². The minimum Gasteiger partial charge on any atom is -0.471 e. The lowest BCUT2D eigenvalue weighted by Crippen LogP contribution is -2.52. The SMILES string of the molecule is CC(=O)Nc1nc(OCc2ccccc2)c(C)nc1[C@@H]1O[C@H](CO)[C@@H](O)[C@]1(O)C(=O)c1ccccc1. The molecule has 2 aromatic carbocycles. The molecule has 4 N–H and O–H groups in total. The van der Waals surface area contributed by atoms with Gasteiger partial charge in [0, 0.05) is 12.5 Å². The number of aryl methyl sites for hydroxylation is 1. The summed E-state index contributed by atoms with van der Waals surface area (Å²) in [4.78, 5) is 34.3. The molecule has 1 aliphatic rings. The first-order chi connectivity index (χ1) is 17.3. The fourth-order valence-electron chi connectivity index (χ4n) is 4.11. The van der Waals surface area contributed by atoms with Crippen molar-refractivity contribution >= 4 is 17.5 Å². The van der Waals surface area contributed by atoms with Gasteiger partial charge in [0.05, 0.1) is 12.3 Å². The predicted molar refractivity (Wildman–Crippen MR) is 128 cm³/mol. The molecule has 36 heavy (non-hydrogen) atoms. The number of carbonyl (C=O) groups is 2. The number of Topliss-reactive ketones (excluding diaryl/α,β-unsaturated/α-hetero) is 1. The second kappa shape index (κ2) is 10.5. The van der Waals surface area contributed by atoms with Gasteiger partial charge in [0.2, 0.25) is 11.8 Å². The van der Waals surface area contributed by atoms with E-state index in [4.69, 9.17) is 9.47 Å². The van der Waals surface area contributed by atoms with Crippen LogP contribution in [-0.2, 0) is 16.1 Å². The highest BCUT2D eigenvalue weighted by Gasteiger charge is 2.61. The molecule has 0 bridgehead atoms. The predicted octanol–water partition coefficient (Wildman–Crippen LogP) is 1.73. The lowest BCUT2D eigenvalue weighted by atomic mass is 9.82. The van der Waals surface area contributed by atoms with E-state index in [1.165, 1.54) is 19.1 Å². The standard InChI is InChI=1S/C26H27N3O7/c1-15-25(35-14-17-9-5-3-6-10-17)29-24(28-16(2)31)20(27-15)23-26(34,22(33)19(13-30)36-23)21(32)18-11-7-4-8-12-18/h3-12,19,22-23,30,33-34H,13-14H2,1-2H3,(H,28,29,31)/t19-,22-,23+,26-/m1/s1. The third-order valence-electron chi connectivity index (χ3n) is 5.91. The molecule has 188 valence electrons.